The largest absolute Gasteiger partial charge is 0.573 e. The van der Waals surface area contributed by atoms with Gasteiger partial charge in [-0.05, 0) is 42.7 Å². The molecule has 0 aliphatic rings. The number of hydrogen-bond acceptors (Lipinski definition) is 5. The highest BCUT2D eigenvalue weighted by atomic mass is 19.4. The van der Waals surface area contributed by atoms with Gasteiger partial charge in [-0.3, -0.25) is 4.79 Å². The van der Waals surface area contributed by atoms with Crippen LogP contribution in [0.3, 0.4) is 0 Å². The Labute approximate surface area is 145 Å². The summed E-state index contributed by atoms with van der Waals surface area (Å²) in [5.41, 5.74) is 1.20. The zero-order valence-electron chi connectivity index (χ0n) is 13.4. The lowest BCUT2D eigenvalue weighted by molar-refractivity contribution is -0.274. The molecule has 0 atom stereocenters. The number of halogens is 3. The van der Waals surface area contributed by atoms with Gasteiger partial charge in [0.2, 0.25) is 0 Å². The first-order valence-corrected chi connectivity index (χ1v) is 7.69. The Morgan fingerprint density at radius 2 is 1.96 bits per heavy atom. The Kier molecular flexibility index (Phi) is 5.01. The molecule has 7 nitrogen and oxygen atoms in total. The molecule has 2 aromatic heterocycles. The number of hydrogen-bond donors (Lipinski definition) is 1. The molecule has 1 amide bonds. The Hall–Kier alpha value is -3.17. The first-order chi connectivity index (χ1) is 12.4. The third-order valence-electron chi connectivity index (χ3n) is 3.47. The monoisotopic (exact) mass is 365 g/mol. The van der Waals surface area contributed by atoms with Crippen LogP contribution in [0.4, 0.5) is 13.2 Å². The van der Waals surface area contributed by atoms with E-state index in [4.69, 9.17) is 0 Å². The molecule has 0 unspecified atom stereocenters. The summed E-state index contributed by atoms with van der Waals surface area (Å²) in [4.78, 5) is 20.1. The van der Waals surface area contributed by atoms with Gasteiger partial charge in [-0.25, -0.2) is 9.50 Å². The van der Waals surface area contributed by atoms with Gasteiger partial charge in [0.25, 0.3) is 11.7 Å². The summed E-state index contributed by atoms with van der Waals surface area (Å²) >= 11 is 0. The number of carbonyl (C=O) groups is 1. The Morgan fingerprint density at radius 1 is 1.19 bits per heavy atom. The summed E-state index contributed by atoms with van der Waals surface area (Å²) in [6.07, 6.45) is 1.53. The van der Waals surface area contributed by atoms with Crippen LogP contribution in [-0.2, 0) is 6.42 Å². The standard InChI is InChI=1S/C16H14F3N5O2/c17-16(18,19)26-13-5-3-12(4-6-13)14(25)20-7-1-2-11-8-21-15-22-10-23-24(15)9-11/h3-6,8-10H,1-2,7H2,(H,20,25). The molecule has 0 saturated heterocycles. The van der Waals surface area contributed by atoms with Gasteiger partial charge in [-0.2, -0.15) is 10.1 Å². The van der Waals surface area contributed by atoms with Gasteiger partial charge in [0.15, 0.2) is 0 Å². The van der Waals surface area contributed by atoms with Crippen molar-refractivity contribution in [3.05, 3.63) is 54.1 Å². The lowest BCUT2D eigenvalue weighted by Crippen LogP contribution is -2.24. The summed E-state index contributed by atoms with van der Waals surface area (Å²) in [6.45, 7) is 0.412. The van der Waals surface area contributed by atoms with E-state index in [0.29, 0.717) is 25.2 Å². The molecule has 0 radical (unpaired) electrons. The first-order valence-electron chi connectivity index (χ1n) is 7.69. The molecule has 0 bridgehead atoms. The lowest BCUT2D eigenvalue weighted by Gasteiger charge is -2.09. The minimum Gasteiger partial charge on any atom is -0.406 e. The van der Waals surface area contributed by atoms with Crippen molar-refractivity contribution in [2.75, 3.05) is 6.54 Å². The maximum absolute atomic E-state index is 12.1. The third kappa shape index (κ3) is 4.68. The number of aromatic nitrogens is 4. The lowest BCUT2D eigenvalue weighted by atomic mass is 10.2. The van der Waals surface area contributed by atoms with E-state index in [-0.39, 0.29) is 17.2 Å². The van der Waals surface area contributed by atoms with Crippen LogP contribution >= 0.6 is 0 Å². The van der Waals surface area contributed by atoms with Crippen molar-refractivity contribution >= 4 is 11.7 Å². The summed E-state index contributed by atoms with van der Waals surface area (Å²) in [7, 11) is 0. The molecule has 0 aliphatic carbocycles. The average Bonchev–Trinajstić information content (AvgIpc) is 3.05. The molecule has 1 N–H and O–H groups in total. The molecule has 2 heterocycles. The molecule has 136 valence electrons. The van der Waals surface area contributed by atoms with Crippen LogP contribution in [0.15, 0.2) is 43.0 Å². The van der Waals surface area contributed by atoms with Crippen molar-refractivity contribution in [2.45, 2.75) is 19.2 Å². The van der Waals surface area contributed by atoms with Crippen LogP contribution < -0.4 is 10.1 Å². The first kappa shape index (κ1) is 17.6. The van der Waals surface area contributed by atoms with Gasteiger partial charge in [0, 0.05) is 24.5 Å². The van der Waals surface area contributed by atoms with Crippen molar-refractivity contribution in [2.24, 2.45) is 0 Å². The average molecular weight is 365 g/mol. The van der Waals surface area contributed by atoms with Gasteiger partial charge in [0.05, 0.1) is 0 Å². The van der Waals surface area contributed by atoms with Crippen LogP contribution in [-0.4, -0.2) is 38.4 Å². The zero-order valence-corrected chi connectivity index (χ0v) is 13.4. The fourth-order valence-corrected chi connectivity index (χ4v) is 2.29. The van der Waals surface area contributed by atoms with Crippen molar-refractivity contribution < 1.29 is 22.7 Å². The second-order valence-electron chi connectivity index (χ2n) is 5.40. The molecular formula is C16H14F3N5O2. The predicted octanol–water partition coefficient (Wildman–Crippen LogP) is 2.39. The normalized spacial score (nSPS) is 11.5. The highest BCUT2D eigenvalue weighted by Crippen LogP contribution is 2.22. The molecule has 0 spiro atoms. The molecule has 0 fully saturated rings. The van der Waals surface area contributed by atoms with E-state index in [9.17, 15) is 18.0 Å². The number of carbonyl (C=O) groups excluding carboxylic acids is 1. The molecule has 10 heteroatoms. The number of alkyl halides is 3. The number of aryl methyl sites for hydroxylation is 1. The van der Waals surface area contributed by atoms with Crippen LogP contribution in [0.2, 0.25) is 0 Å². The van der Waals surface area contributed by atoms with E-state index in [1.165, 1.54) is 18.5 Å². The number of rotatable bonds is 6. The van der Waals surface area contributed by atoms with E-state index < -0.39 is 6.36 Å². The Balaban J connectivity index is 1.46. The quantitative estimate of drug-likeness (QED) is 0.679. The number of nitrogens with zero attached hydrogens (tertiary/aromatic N) is 4. The molecule has 0 aliphatic heterocycles. The van der Waals surface area contributed by atoms with E-state index in [1.807, 2.05) is 6.20 Å². The van der Waals surface area contributed by atoms with Crippen LogP contribution in [0.5, 0.6) is 5.75 Å². The van der Waals surface area contributed by atoms with Crippen molar-refractivity contribution in [1.29, 1.82) is 0 Å². The van der Waals surface area contributed by atoms with Crippen molar-refractivity contribution in [1.82, 2.24) is 24.9 Å². The Bertz CT molecular complexity index is 893. The summed E-state index contributed by atoms with van der Waals surface area (Å²) in [5.74, 6) is -0.224. The van der Waals surface area contributed by atoms with Gasteiger partial charge >= 0.3 is 6.36 Å². The SMILES string of the molecule is O=C(NCCCc1cnc2ncnn2c1)c1ccc(OC(F)(F)F)cc1. The second kappa shape index (κ2) is 7.38. The van der Waals surface area contributed by atoms with Gasteiger partial charge in [-0.1, -0.05) is 0 Å². The predicted molar refractivity (Wildman–Crippen MR) is 84.6 cm³/mol. The van der Waals surface area contributed by atoms with Crippen LogP contribution in [0.25, 0.3) is 5.78 Å². The maximum Gasteiger partial charge on any atom is 0.573 e. The smallest absolute Gasteiger partial charge is 0.406 e. The van der Waals surface area contributed by atoms with E-state index in [2.05, 4.69) is 25.1 Å². The van der Waals surface area contributed by atoms with Crippen molar-refractivity contribution in [3.8, 4) is 5.75 Å². The molecule has 1 aromatic carbocycles. The van der Waals surface area contributed by atoms with E-state index >= 15 is 0 Å². The summed E-state index contributed by atoms with van der Waals surface area (Å²) < 4.78 is 41.6. The number of fused-ring (bicyclic) bond motifs is 1. The maximum atomic E-state index is 12.1. The second-order valence-corrected chi connectivity index (χ2v) is 5.40. The molecule has 26 heavy (non-hydrogen) atoms. The minimum absolute atomic E-state index is 0.255. The van der Waals surface area contributed by atoms with Gasteiger partial charge < -0.3 is 10.1 Å². The molecule has 3 aromatic rings. The topological polar surface area (TPSA) is 81.4 Å². The van der Waals surface area contributed by atoms with Gasteiger partial charge in [0.1, 0.15) is 12.1 Å². The molecule has 3 rings (SSSR count). The highest BCUT2D eigenvalue weighted by Gasteiger charge is 2.31. The highest BCUT2D eigenvalue weighted by molar-refractivity contribution is 5.94. The van der Waals surface area contributed by atoms with Crippen LogP contribution in [0.1, 0.15) is 22.3 Å². The fraction of sp³-hybridized carbons (Fsp3) is 0.250. The fourth-order valence-electron chi connectivity index (χ4n) is 2.29. The number of amides is 1. The minimum atomic E-state index is -4.76. The number of ether oxygens (including phenoxy) is 1. The van der Waals surface area contributed by atoms with E-state index in [1.54, 1.807) is 10.7 Å². The summed E-state index contributed by atoms with van der Waals surface area (Å²) in [5, 5.41) is 6.71. The zero-order chi connectivity index (χ0) is 18.6. The van der Waals surface area contributed by atoms with Crippen LogP contribution in [0, 0.1) is 0 Å². The number of benzene rings is 1. The molecule has 0 saturated carbocycles. The van der Waals surface area contributed by atoms with Crippen molar-refractivity contribution in [3.63, 3.8) is 0 Å². The number of nitrogens with one attached hydrogen (secondary N) is 1. The molecular weight excluding hydrogens is 351 g/mol. The van der Waals surface area contributed by atoms with E-state index in [0.717, 1.165) is 17.7 Å². The Morgan fingerprint density at radius 3 is 2.69 bits per heavy atom. The van der Waals surface area contributed by atoms with Gasteiger partial charge in [-0.15, -0.1) is 13.2 Å². The third-order valence-corrected chi connectivity index (χ3v) is 3.47. The summed E-state index contributed by atoms with van der Waals surface area (Å²) in [6, 6.07) is 4.75.